The molecule has 0 aliphatic carbocycles. The van der Waals surface area contributed by atoms with E-state index in [-0.39, 0.29) is 10.6 Å². The van der Waals surface area contributed by atoms with Crippen LogP contribution in [0.15, 0.2) is 18.2 Å². The number of hydrogen-bond donors (Lipinski definition) is 1. The van der Waals surface area contributed by atoms with Crippen LogP contribution in [0.3, 0.4) is 0 Å². The maximum atomic E-state index is 12.2. The summed E-state index contributed by atoms with van der Waals surface area (Å²) in [4.78, 5) is 0. The van der Waals surface area contributed by atoms with Gasteiger partial charge in [-0.3, -0.25) is 0 Å². The molecule has 1 atom stereocenters. The number of rotatable bonds is 1. The molecule has 0 spiro atoms. The first-order chi connectivity index (χ1) is 6.32. The molecule has 1 nitrogen and oxygen atoms in total. The van der Waals surface area contributed by atoms with Crippen molar-refractivity contribution in [2.45, 2.75) is 19.2 Å². The van der Waals surface area contributed by atoms with Crippen molar-refractivity contribution >= 4 is 11.6 Å². The quantitative estimate of drug-likeness (QED) is 0.775. The minimum atomic E-state index is -4.41. The average molecular weight is 225 g/mol. The molecule has 0 aliphatic rings. The molecule has 0 aliphatic heterocycles. The molecule has 1 aromatic carbocycles. The van der Waals surface area contributed by atoms with Gasteiger partial charge in [0.25, 0.3) is 0 Å². The van der Waals surface area contributed by atoms with E-state index in [4.69, 9.17) is 16.7 Å². The third-order valence-corrected chi connectivity index (χ3v) is 2.12. The summed E-state index contributed by atoms with van der Waals surface area (Å²) in [5.74, 6) is 0. The van der Waals surface area contributed by atoms with Crippen LogP contribution in [0.4, 0.5) is 13.2 Å². The van der Waals surface area contributed by atoms with E-state index in [9.17, 15) is 13.2 Å². The fourth-order valence-corrected chi connectivity index (χ4v) is 1.32. The SMILES string of the molecule is CC(O)c1cc(C(F)(F)F)ccc1Cl. The first kappa shape index (κ1) is 11.3. The highest BCUT2D eigenvalue weighted by molar-refractivity contribution is 6.31. The van der Waals surface area contributed by atoms with Crippen LogP contribution in [-0.4, -0.2) is 5.11 Å². The molecule has 0 radical (unpaired) electrons. The fraction of sp³-hybridized carbons (Fsp3) is 0.333. The Hall–Kier alpha value is -0.740. The van der Waals surface area contributed by atoms with E-state index in [1.165, 1.54) is 6.92 Å². The number of benzene rings is 1. The van der Waals surface area contributed by atoms with Gasteiger partial charge in [-0.1, -0.05) is 11.6 Å². The van der Waals surface area contributed by atoms with Crippen LogP contribution in [-0.2, 0) is 6.18 Å². The number of halogens is 4. The van der Waals surface area contributed by atoms with Gasteiger partial charge in [-0.05, 0) is 30.7 Å². The minimum absolute atomic E-state index is 0.0847. The molecule has 5 heteroatoms. The molecule has 0 saturated carbocycles. The molecule has 0 heterocycles. The molecule has 0 bridgehead atoms. The average Bonchev–Trinajstić information content (AvgIpc) is 2.02. The van der Waals surface area contributed by atoms with Gasteiger partial charge in [-0.2, -0.15) is 13.2 Å². The van der Waals surface area contributed by atoms with Gasteiger partial charge in [-0.15, -0.1) is 0 Å². The summed E-state index contributed by atoms with van der Waals surface area (Å²) in [6, 6.07) is 2.87. The van der Waals surface area contributed by atoms with Crippen LogP contribution >= 0.6 is 11.6 Å². The summed E-state index contributed by atoms with van der Waals surface area (Å²) >= 11 is 5.61. The second-order valence-corrected chi connectivity index (χ2v) is 3.32. The highest BCUT2D eigenvalue weighted by Gasteiger charge is 2.31. The Kier molecular flexibility index (Phi) is 3.07. The van der Waals surface area contributed by atoms with Crippen LogP contribution in [0.1, 0.15) is 24.2 Å². The van der Waals surface area contributed by atoms with E-state index >= 15 is 0 Å². The van der Waals surface area contributed by atoms with E-state index < -0.39 is 17.8 Å². The topological polar surface area (TPSA) is 20.2 Å². The van der Waals surface area contributed by atoms with Crippen LogP contribution in [0.5, 0.6) is 0 Å². The van der Waals surface area contributed by atoms with E-state index in [1.54, 1.807) is 0 Å². The number of aliphatic hydroxyl groups excluding tert-OH is 1. The highest BCUT2D eigenvalue weighted by atomic mass is 35.5. The molecule has 0 aromatic heterocycles. The molecule has 1 N–H and O–H groups in total. The third kappa shape index (κ3) is 2.39. The van der Waals surface area contributed by atoms with Crippen molar-refractivity contribution in [2.75, 3.05) is 0 Å². The predicted octanol–water partition coefficient (Wildman–Crippen LogP) is 3.41. The number of aliphatic hydroxyl groups is 1. The van der Waals surface area contributed by atoms with Crippen molar-refractivity contribution in [1.29, 1.82) is 0 Å². The second-order valence-electron chi connectivity index (χ2n) is 2.91. The Morgan fingerprint density at radius 2 is 1.93 bits per heavy atom. The Bertz CT molecular complexity index is 333. The first-order valence-corrected chi connectivity index (χ1v) is 4.25. The second kappa shape index (κ2) is 3.79. The normalized spacial score (nSPS) is 14.1. The van der Waals surface area contributed by atoms with Crippen molar-refractivity contribution in [3.63, 3.8) is 0 Å². The van der Waals surface area contributed by atoms with Gasteiger partial charge < -0.3 is 5.11 Å². The van der Waals surface area contributed by atoms with Crippen molar-refractivity contribution < 1.29 is 18.3 Å². The summed E-state index contributed by atoms with van der Waals surface area (Å²) in [5, 5.41) is 9.28. The lowest BCUT2D eigenvalue weighted by Gasteiger charge is -2.11. The van der Waals surface area contributed by atoms with Crippen LogP contribution < -0.4 is 0 Å². The predicted molar refractivity (Wildman–Crippen MR) is 47.1 cm³/mol. The zero-order valence-corrected chi connectivity index (χ0v) is 8.02. The minimum Gasteiger partial charge on any atom is -0.389 e. The highest BCUT2D eigenvalue weighted by Crippen LogP contribution is 2.33. The van der Waals surface area contributed by atoms with Crippen molar-refractivity contribution in [3.8, 4) is 0 Å². The number of hydrogen-bond acceptors (Lipinski definition) is 1. The lowest BCUT2D eigenvalue weighted by molar-refractivity contribution is -0.137. The summed E-state index contributed by atoms with van der Waals surface area (Å²) in [6.07, 6.45) is -5.42. The Morgan fingerprint density at radius 1 is 1.36 bits per heavy atom. The van der Waals surface area contributed by atoms with Gasteiger partial charge in [-0.25, -0.2) is 0 Å². The monoisotopic (exact) mass is 224 g/mol. The van der Waals surface area contributed by atoms with E-state index in [2.05, 4.69) is 0 Å². The summed E-state index contributed by atoms with van der Waals surface area (Å²) < 4.78 is 36.7. The van der Waals surface area contributed by atoms with Gasteiger partial charge >= 0.3 is 6.18 Å². The van der Waals surface area contributed by atoms with Crippen LogP contribution in [0.25, 0.3) is 0 Å². The summed E-state index contributed by atoms with van der Waals surface area (Å²) in [5.41, 5.74) is -0.723. The van der Waals surface area contributed by atoms with Crippen molar-refractivity contribution in [1.82, 2.24) is 0 Å². The maximum absolute atomic E-state index is 12.2. The van der Waals surface area contributed by atoms with Gasteiger partial charge in [0.15, 0.2) is 0 Å². The largest absolute Gasteiger partial charge is 0.416 e. The fourth-order valence-electron chi connectivity index (χ4n) is 1.04. The molecule has 0 amide bonds. The summed E-state index contributed by atoms with van der Waals surface area (Å²) in [7, 11) is 0. The molecule has 78 valence electrons. The summed E-state index contributed by atoms with van der Waals surface area (Å²) in [6.45, 7) is 1.36. The zero-order chi connectivity index (χ0) is 10.9. The Balaban J connectivity index is 3.20. The molecular formula is C9H8ClF3O. The molecule has 0 saturated heterocycles. The molecule has 1 rings (SSSR count). The first-order valence-electron chi connectivity index (χ1n) is 3.87. The van der Waals surface area contributed by atoms with Crippen molar-refractivity contribution in [3.05, 3.63) is 34.3 Å². The van der Waals surface area contributed by atoms with Gasteiger partial charge in [0, 0.05) is 5.02 Å². The Labute approximate surface area is 84.1 Å². The molecular weight excluding hydrogens is 217 g/mol. The molecule has 1 aromatic rings. The van der Waals surface area contributed by atoms with E-state index in [0.717, 1.165) is 18.2 Å². The van der Waals surface area contributed by atoms with Crippen LogP contribution in [0.2, 0.25) is 5.02 Å². The van der Waals surface area contributed by atoms with E-state index in [0.29, 0.717) is 0 Å². The molecule has 14 heavy (non-hydrogen) atoms. The van der Waals surface area contributed by atoms with Gasteiger partial charge in [0.2, 0.25) is 0 Å². The standard InChI is InChI=1S/C9H8ClF3O/c1-5(14)7-4-6(9(11,12)13)2-3-8(7)10/h2-5,14H,1H3. The van der Waals surface area contributed by atoms with E-state index in [1.807, 2.05) is 0 Å². The number of alkyl halides is 3. The molecule has 1 unspecified atom stereocenters. The van der Waals surface area contributed by atoms with Crippen molar-refractivity contribution in [2.24, 2.45) is 0 Å². The lowest BCUT2D eigenvalue weighted by atomic mass is 10.1. The maximum Gasteiger partial charge on any atom is 0.416 e. The molecule has 0 fully saturated rings. The van der Waals surface area contributed by atoms with Gasteiger partial charge in [0.05, 0.1) is 11.7 Å². The Morgan fingerprint density at radius 3 is 2.36 bits per heavy atom. The third-order valence-electron chi connectivity index (χ3n) is 1.77. The lowest BCUT2D eigenvalue weighted by Crippen LogP contribution is -2.06. The van der Waals surface area contributed by atoms with Crippen LogP contribution in [0, 0.1) is 0 Å². The van der Waals surface area contributed by atoms with Gasteiger partial charge in [0.1, 0.15) is 0 Å². The smallest absolute Gasteiger partial charge is 0.389 e. The zero-order valence-electron chi connectivity index (χ0n) is 7.27.